The van der Waals surface area contributed by atoms with E-state index in [1.807, 2.05) is 24.3 Å². The highest BCUT2D eigenvalue weighted by molar-refractivity contribution is 6.34. The van der Waals surface area contributed by atoms with Crippen molar-refractivity contribution in [3.63, 3.8) is 0 Å². The first kappa shape index (κ1) is 16.4. The molecule has 5 rings (SSSR count). The second-order valence-electron chi connectivity index (χ2n) is 6.71. The fraction of sp³-hybridized carbons (Fsp3) is 0.238. The van der Waals surface area contributed by atoms with Crippen molar-refractivity contribution in [3.8, 4) is 11.5 Å². The number of amides is 1. The van der Waals surface area contributed by atoms with E-state index in [9.17, 15) is 4.79 Å². The van der Waals surface area contributed by atoms with Gasteiger partial charge in [0, 0.05) is 23.2 Å². The first-order valence-corrected chi connectivity index (χ1v) is 9.39. The number of halogens is 1. The van der Waals surface area contributed by atoms with Crippen molar-refractivity contribution >= 4 is 34.1 Å². The minimum absolute atomic E-state index is 0.176. The van der Waals surface area contributed by atoms with Crippen molar-refractivity contribution in [3.05, 3.63) is 58.2 Å². The Morgan fingerprint density at radius 2 is 1.85 bits per heavy atom. The molecule has 1 amide bonds. The molecular weight excluding hydrogens is 364 g/mol. The molecule has 0 radical (unpaired) electrons. The van der Waals surface area contributed by atoms with Crippen LogP contribution in [0.25, 0.3) is 10.9 Å². The van der Waals surface area contributed by atoms with E-state index in [1.165, 1.54) is 0 Å². The maximum atomic E-state index is 13.2. The van der Waals surface area contributed by atoms with Gasteiger partial charge >= 0.3 is 0 Å². The zero-order valence-electron chi connectivity index (χ0n) is 14.5. The molecule has 136 valence electrons. The summed E-state index contributed by atoms with van der Waals surface area (Å²) in [6.07, 6.45) is 2.79. The van der Waals surface area contributed by atoms with E-state index in [-0.39, 0.29) is 5.91 Å². The Hall–Kier alpha value is -2.79. The summed E-state index contributed by atoms with van der Waals surface area (Å²) in [5.41, 5.74) is 4.11. The van der Waals surface area contributed by atoms with E-state index >= 15 is 0 Å². The number of hydrogen-bond donors (Lipinski definition) is 1. The molecular formula is C21H17ClN2O3. The number of aromatic nitrogens is 1. The van der Waals surface area contributed by atoms with Crippen LogP contribution in [0.1, 0.15) is 28.0 Å². The third kappa shape index (κ3) is 2.79. The summed E-state index contributed by atoms with van der Waals surface area (Å²) in [6.45, 7) is 0.967. The Labute approximate surface area is 161 Å². The van der Waals surface area contributed by atoms with Crippen molar-refractivity contribution in [2.24, 2.45) is 0 Å². The fourth-order valence-electron chi connectivity index (χ4n) is 3.81. The van der Waals surface area contributed by atoms with Crippen molar-refractivity contribution in [1.29, 1.82) is 0 Å². The number of hydrogen-bond acceptors (Lipinski definition) is 4. The van der Waals surface area contributed by atoms with Gasteiger partial charge in [0.25, 0.3) is 5.91 Å². The number of nitrogens with one attached hydrogen (secondary N) is 1. The molecule has 1 aromatic heterocycles. The van der Waals surface area contributed by atoms with Gasteiger partial charge in [0.05, 0.1) is 21.8 Å². The van der Waals surface area contributed by atoms with Gasteiger partial charge in [0.15, 0.2) is 11.5 Å². The summed E-state index contributed by atoms with van der Waals surface area (Å²) in [4.78, 5) is 18.0. The highest BCUT2D eigenvalue weighted by Crippen LogP contribution is 2.38. The number of benzene rings is 2. The zero-order chi connectivity index (χ0) is 18.4. The first-order chi connectivity index (χ1) is 13.2. The van der Waals surface area contributed by atoms with Crippen LogP contribution in [-0.4, -0.2) is 24.1 Å². The van der Waals surface area contributed by atoms with Crippen LogP contribution < -0.4 is 14.8 Å². The lowest BCUT2D eigenvalue weighted by molar-refractivity contribution is 0.102. The molecule has 2 aliphatic rings. The summed E-state index contributed by atoms with van der Waals surface area (Å²) < 4.78 is 11.1. The monoisotopic (exact) mass is 380 g/mol. The number of nitrogens with zero attached hydrogens (tertiary/aromatic N) is 1. The maximum Gasteiger partial charge on any atom is 0.256 e. The van der Waals surface area contributed by atoms with Crippen molar-refractivity contribution in [2.75, 3.05) is 18.5 Å². The van der Waals surface area contributed by atoms with Crippen LogP contribution in [0.4, 0.5) is 5.69 Å². The van der Waals surface area contributed by atoms with Gasteiger partial charge in [-0.05, 0) is 30.9 Å². The molecule has 6 heteroatoms. The minimum Gasteiger partial charge on any atom is -0.486 e. The van der Waals surface area contributed by atoms with Crippen LogP contribution in [0.2, 0.25) is 5.02 Å². The summed E-state index contributed by atoms with van der Waals surface area (Å²) in [5.74, 6) is 1.01. The van der Waals surface area contributed by atoms with Crippen LogP contribution >= 0.6 is 11.6 Å². The number of fused-ring (bicyclic) bond motifs is 3. The number of carbonyl (C=O) groups is 1. The SMILES string of the molecule is O=C(Nc1cc2c(cc1Cl)OCCO2)c1c2c(nc3ccccc13)CCC2. The maximum absolute atomic E-state index is 13.2. The van der Waals surface area contributed by atoms with E-state index in [0.717, 1.165) is 41.4 Å². The van der Waals surface area contributed by atoms with E-state index < -0.39 is 0 Å². The average molecular weight is 381 g/mol. The molecule has 2 aromatic carbocycles. The van der Waals surface area contributed by atoms with E-state index in [4.69, 9.17) is 26.1 Å². The highest BCUT2D eigenvalue weighted by atomic mass is 35.5. The fourth-order valence-corrected chi connectivity index (χ4v) is 4.02. The number of rotatable bonds is 2. The summed E-state index contributed by atoms with van der Waals surface area (Å²) in [5, 5.41) is 4.25. The molecule has 0 saturated carbocycles. The molecule has 1 aliphatic carbocycles. The molecule has 2 heterocycles. The standard InChI is InChI=1S/C21H17ClN2O3/c22-14-10-18-19(27-9-8-26-18)11-17(14)24-21(25)20-12-4-1-2-6-15(12)23-16-7-3-5-13(16)20/h1-2,4,6,10-11H,3,5,7-9H2,(H,24,25). The molecule has 0 unspecified atom stereocenters. The van der Waals surface area contributed by atoms with E-state index in [0.29, 0.717) is 41.0 Å². The van der Waals surface area contributed by atoms with Gasteiger partial charge in [0.2, 0.25) is 0 Å². The average Bonchev–Trinajstić information content (AvgIpc) is 3.14. The lowest BCUT2D eigenvalue weighted by Gasteiger charge is -2.20. The van der Waals surface area contributed by atoms with Gasteiger partial charge in [0.1, 0.15) is 13.2 Å². The van der Waals surface area contributed by atoms with Gasteiger partial charge in [-0.25, -0.2) is 0 Å². The van der Waals surface area contributed by atoms with Gasteiger partial charge < -0.3 is 14.8 Å². The minimum atomic E-state index is -0.176. The number of ether oxygens (including phenoxy) is 2. The van der Waals surface area contributed by atoms with Crippen molar-refractivity contribution < 1.29 is 14.3 Å². The summed E-state index contributed by atoms with van der Waals surface area (Å²) >= 11 is 6.37. The Morgan fingerprint density at radius 1 is 1.07 bits per heavy atom. The number of para-hydroxylation sites is 1. The lowest BCUT2D eigenvalue weighted by atomic mass is 10.0. The molecule has 5 nitrogen and oxygen atoms in total. The molecule has 0 spiro atoms. The van der Waals surface area contributed by atoms with Crippen molar-refractivity contribution in [2.45, 2.75) is 19.3 Å². The van der Waals surface area contributed by atoms with E-state index in [1.54, 1.807) is 12.1 Å². The predicted molar refractivity (Wildman–Crippen MR) is 104 cm³/mol. The normalized spacial score (nSPS) is 14.9. The topological polar surface area (TPSA) is 60.5 Å². The molecule has 1 N–H and O–H groups in total. The predicted octanol–water partition coefficient (Wildman–Crippen LogP) is 4.40. The quantitative estimate of drug-likeness (QED) is 0.715. The highest BCUT2D eigenvalue weighted by Gasteiger charge is 2.25. The number of aryl methyl sites for hydroxylation is 1. The molecule has 1 aliphatic heterocycles. The summed E-state index contributed by atoms with van der Waals surface area (Å²) in [7, 11) is 0. The van der Waals surface area contributed by atoms with Gasteiger partial charge in [-0.15, -0.1) is 0 Å². The van der Waals surface area contributed by atoms with Gasteiger partial charge in [-0.2, -0.15) is 0 Å². The zero-order valence-corrected chi connectivity index (χ0v) is 15.3. The van der Waals surface area contributed by atoms with Gasteiger partial charge in [-0.1, -0.05) is 29.8 Å². The Morgan fingerprint density at radius 3 is 2.70 bits per heavy atom. The Balaban J connectivity index is 1.58. The second kappa shape index (κ2) is 6.43. The summed E-state index contributed by atoms with van der Waals surface area (Å²) in [6, 6.07) is 11.2. The number of carbonyl (C=O) groups excluding carboxylic acids is 1. The third-order valence-corrected chi connectivity index (χ3v) is 5.34. The Bertz CT molecular complexity index is 1080. The molecule has 0 bridgehead atoms. The second-order valence-corrected chi connectivity index (χ2v) is 7.12. The molecule has 0 saturated heterocycles. The number of anilines is 1. The van der Waals surface area contributed by atoms with Crippen LogP contribution in [0, 0.1) is 0 Å². The van der Waals surface area contributed by atoms with E-state index in [2.05, 4.69) is 5.32 Å². The van der Waals surface area contributed by atoms with Crippen LogP contribution in [0.15, 0.2) is 36.4 Å². The van der Waals surface area contributed by atoms with Crippen molar-refractivity contribution in [1.82, 2.24) is 4.98 Å². The lowest BCUT2D eigenvalue weighted by Crippen LogP contribution is -2.18. The van der Waals surface area contributed by atoms with Crippen LogP contribution in [0.3, 0.4) is 0 Å². The molecule has 0 fully saturated rings. The molecule has 27 heavy (non-hydrogen) atoms. The molecule has 3 aromatic rings. The van der Waals surface area contributed by atoms with Crippen LogP contribution in [0.5, 0.6) is 11.5 Å². The Kier molecular flexibility index (Phi) is 3.90. The van der Waals surface area contributed by atoms with Crippen LogP contribution in [-0.2, 0) is 12.8 Å². The third-order valence-electron chi connectivity index (χ3n) is 5.03. The largest absolute Gasteiger partial charge is 0.486 e. The number of pyridine rings is 1. The van der Waals surface area contributed by atoms with Gasteiger partial charge in [-0.3, -0.25) is 9.78 Å². The molecule has 0 atom stereocenters. The first-order valence-electron chi connectivity index (χ1n) is 9.02. The smallest absolute Gasteiger partial charge is 0.256 e.